The zero-order valence-corrected chi connectivity index (χ0v) is 13.4. The SMILES string of the molecule is CCc1cccc(NC(=O)c2ccc3c(c2)CCN3C(C)=O)c1. The lowest BCUT2D eigenvalue weighted by molar-refractivity contribution is -0.116. The number of hydrogen-bond acceptors (Lipinski definition) is 2. The maximum Gasteiger partial charge on any atom is 0.255 e. The summed E-state index contributed by atoms with van der Waals surface area (Å²) in [7, 11) is 0. The normalized spacial score (nSPS) is 12.9. The summed E-state index contributed by atoms with van der Waals surface area (Å²) in [6.45, 7) is 4.34. The number of nitrogens with one attached hydrogen (secondary N) is 1. The Kier molecular flexibility index (Phi) is 4.15. The third-order valence-corrected chi connectivity index (χ3v) is 4.21. The zero-order valence-electron chi connectivity index (χ0n) is 13.4. The van der Waals surface area contributed by atoms with Gasteiger partial charge in [0.05, 0.1) is 0 Å². The zero-order chi connectivity index (χ0) is 16.4. The van der Waals surface area contributed by atoms with Gasteiger partial charge >= 0.3 is 0 Å². The van der Waals surface area contributed by atoms with Crippen LogP contribution in [0.2, 0.25) is 0 Å². The summed E-state index contributed by atoms with van der Waals surface area (Å²) >= 11 is 0. The van der Waals surface area contributed by atoms with Crippen LogP contribution in [0.25, 0.3) is 0 Å². The van der Waals surface area contributed by atoms with E-state index in [9.17, 15) is 9.59 Å². The van der Waals surface area contributed by atoms with Gasteiger partial charge in [-0.15, -0.1) is 0 Å². The van der Waals surface area contributed by atoms with E-state index in [1.807, 2.05) is 36.4 Å². The second-order valence-corrected chi connectivity index (χ2v) is 5.77. The third kappa shape index (κ3) is 3.11. The molecule has 3 rings (SSSR count). The number of amides is 2. The maximum absolute atomic E-state index is 12.4. The van der Waals surface area contributed by atoms with E-state index >= 15 is 0 Å². The fourth-order valence-corrected chi connectivity index (χ4v) is 2.94. The molecule has 0 spiro atoms. The Balaban J connectivity index is 1.80. The molecule has 4 nitrogen and oxygen atoms in total. The van der Waals surface area contributed by atoms with Crippen LogP contribution >= 0.6 is 0 Å². The molecule has 0 fully saturated rings. The highest BCUT2D eigenvalue weighted by molar-refractivity contribution is 6.05. The highest BCUT2D eigenvalue weighted by Gasteiger charge is 2.23. The molecule has 2 aromatic carbocycles. The van der Waals surface area contributed by atoms with E-state index in [1.165, 1.54) is 5.56 Å². The molecular formula is C19H20N2O2. The smallest absolute Gasteiger partial charge is 0.255 e. The molecule has 0 aromatic heterocycles. The summed E-state index contributed by atoms with van der Waals surface area (Å²) < 4.78 is 0. The summed E-state index contributed by atoms with van der Waals surface area (Å²) in [6.07, 6.45) is 1.73. The Morgan fingerprint density at radius 2 is 2.00 bits per heavy atom. The largest absolute Gasteiger partial charge is 0.322 e. The predicted molar refractivity (Wildman–Crippen MR) is 91.9 cm³/mol. The predicted octanol–water partition coefficient (Wildman–Crippen LogP) is 3.41. The van der Waals surface area contributed by atoms with Crippen LogP contribution in [0.5, 0.6) is 0 Å². The number of carbonyl (C=O) groups excluding carboxylic acids is 2. The molecule has 0 saturated heterocycles. The molecule has 4 heteroatoms. The Morgan fingerprint density at radius 3 is 2.74 bits per heavy atom. The molecule has 0 bridgehead atoms. The van der Waals surface area contributed by atoms with Crippen LogP contribution in [0.3, 0.4) is 0 Å². The molecular weight excluding hydrogens is 288 g/mol. The lowest BCUT2D eigenvalue weighted by atomic mass is 10.1. The summed E-state index contributed by atoms with van der Waals surface area (Å²) in [4.78, 5) is 25.8. The molecule has 0 saturated carbocycles. The van der Waals surface area contributed by atoms with Gasteiger partial charge in [0.1, 0.15) is 0 Å². The summed E-state index contributed by atoms with van der Waals surface area (Å²) in [6, 6.07) is 13.4. The van der Waals surface area contributed by atoms with Crippen LogP contribution in [0.4, 0.5) is 11.4 Å². The number of hydrogen-bond donors (Lipinski definition) is 1. The molecule has 0 aliphatic carbocycles. The van der Waals surface area contributed by atoms with E-state index in [4.69, 9.17) is 0 Å². The second kappa shape index (κ2) is 6.24. The average Bonchev–Trinajstić information content (AvgIpc) is 2.98. The second-order valence-electron chi connectivity index (χ2n) is 5.77. The van der Waals surface area contributed by atoms with E-state index in [0.717, 1.165) is 29.8 Å². The minimum atomic E-state index is -0.123. The fourth-order valence-electron chi connectivity index (χ4n) is 2.94. The van der Waals surface area contributed by atoms with Gasteiger partial charge in [-0.25, -0.2) is 0 Å². The fraction of sp³-hybridized carbons (Fsp3) is 0.263. The number of carbonyl (C=O) groups is 2. The minimum Gasteiger partial charge on any atom is -0.322 e. The summed E-state index contributed by atoms with van der Waals surface area (Å²) in [5.41, 5.74) is 4.59. The number of fused-ring (bicyclic) bond motifs is 1. The van der Waals surface area contributed by atoms with Crippen LogP contribution in [0.15, 0.2) is 42.5 Å². The first kappa shape index (κ1) is 15.3. The standard InChI is InChI=1S/C19H20N2O2/c1-3-14-5-4-6-17(11-14)20-19(23)16-7-8-18-15(12-16)9-10-21(18)13(2)22/h4-8,11-12H,3,9-10H2,1-2H3,(H,20,23). The van der Waals surface area contributed by atoms with Crippen LogP contribution in [-0.2, 0) is 17.6 Å². The van der Waals surface area contributed by atoms with Crippen molar-refractivity contribution in [2.45, 2.75) is 26.7 Å². The topological polar surface area (TPSA) is 49.4 Å². The number of anilines is 2. The molecule has 0 atom stereocenters. The number of benzene rings is 2. The first-order valence-electron chi connectivity index (χ1n) is 7.90. The van der Waals surface area contributed by atoms with Crippen molar-refractivity contribution >= 4 is 23.2 Å². The van der Waals surface area contributed by atoms with Gasteiger partial charge in [-0.05, 0) is 54.3 Å². The van der Waals surface area contributed by atoms with Gasteiger partial charge in [0, 0.05) is 30.4 Å². The molecule has 118 valence electrons. The Bertz CT molecular complexity index is 768. The van der Waals surface area contributed by atoms with Crippen LogP contribution in [0.1, 0.15) is 35.3 Å². The summed E-state index contributed by atoms with van der Waals surface area (Å²) in [5.74, 6) is -0.0836. The molecule has 1 aliphatic heterocycles. The van der Waals surface area contributed by atoms with Crippen molar-refractivity contribution in [1.82, 2.24) is 0 Å². The van der Waals surface area contributed by atoms with Gasteiger partial charge in [-0.3, -0.25) is 9.59 Å². The van der Waals surface area contributed by atoms with Crippen molar-refractivity contribution in [1.29, 1.82) is 0 Å². The third-order valence-electron chi connectivity index (χ3n) is 4.21. The Hall–Kier alpha value is -2.62. The molecule has 0 radical (unpaired) electrons. The summed E-state index contributed by atoms with van der Waals surface area (Å²) in [5, 5.41) is 2.94. The molecule has 1 heterocycles. The van der Waals surface area contributed by atoms with Crippen molar-refractivity contribution in [3.8, 4) is 0 Å². The van der Waals surface area contributed by atoms with Gasteiger partial charge in [-0.2, -0.15) is 0 Å². The molecule has 2 aromatic rings. The van der Waals surface area contributed by atoms with Crippen LogP contribution in [-0.4, -0.2) is 18.4 Å². The average molecular weight is 308 g/mol. The molecule has 2 amide bonds. The monoisotopic (exact) mass is 308 g/mol. The van der Waals surface area contributed by atoms with Gasteiger partial charge in [0.15, 0.2) is 0 Å². The highest BCUT2D eigenvalue weighted by Crippen LogP contribution is 2.29. The van der Waals surface area contributed by atoms with Gasteiger partial charge in [0.25, 0.3) is 5.91 Å². The maximum atomic E-state index is 12.4. The van der Waals surface area contributed by atoms with Gasteiger partial charge in [0.2, 0.25) is 5.91 Å². The van der Waals surface area contributed by atoms with E-state index in [2.05, 4.69) is 12.2 Å². The van der Waals surface area contributed by atoms with Crippen molar-refractivity contribution < 1.29 is 9.59 Å². The van der Waals surface area contributed by atoms with Gasteiger partial charge < -0.3 is 10.2 Å². The molecule has 1 aliphatic rings. The molecule has 1 N–H and O–H groups in total. The quantitative estimate of drug-likeness (QED) is 0.944. The number of rotatable bonds is 3. The molecule has 0 unspecified atom stereocenters. The van der Waals surface area contributed by atoms with Crippen LogP contribution in [0, 0.1) is 0 Å². The first-order chi connectivity index (χ1) is 11.1. The van der Waals surface area contributed by atoms with Crippen molar-refractivity contribution in [2.75, 3.05) is 16.8 Å². The van der Waals surface area contributed by atoms with Gasteiger partial charge in [-0.1, -0.05) is 19.1 Å². The van der Waals surface area contributed by atoms with Crippen molar-refractivity contribution in [3.05, 3.63) is 59.2 Å². The Morgan fingerprint density at radius 1 is 1.17 bits per heavy atom. The number of aryl methyl sites for hydroxylation is 1. The number of nitrogens with zero attached hydrogens (tertiary/aromatic N) is 1. The first-order valence-corrected chi connectivity index (χ1v) is 7.90. The lowest BCUT2D eigenvalue weighted by Gasteiger charge is -2.14. The Labute approximate surface area is 136 Å². The molecule has 23 heavy (non-hydrogen) atoms. The minimum absolute atomic E-state index is 0.0392. The lowest BCUT2D eigenvalue weighted by Crippen LogP contribution is -2.25. The van der Waals surface area contributed by atoms with Crippen molar-refractivity contribution in [3.63, 3.8) is 0 Å². The van der Waals surface area contributed by atoms with E-state index in [-0.39, 0.29) is 11.8 Å². The van der Waals surface area contributed by atoms with Crippen LogP contribution < -0.4 is 10.2 Å². The van der Waals surface area contributed by atoms with E-state index in [0.29, 0.717) is 12.1 Å². The van der Waals surface area contributed by atoms with E-state index < -0.39 is 0 Å². The highest BCUT2D eigenvalue weighted by atomic mass is 16.2. The van der Waals surface area contributed by atoms with Crippen molar-refractivity contribution in [2.24, 2.45) is 0 Å². The van der Waals surface area contributed by atoms with E-state index in [1.54, 1.807) is 17.9 Å².